The largest absolute Gasteiger partial charge is 0.392 e. The van der Waals surface area contributed by atoms with Crippen molar-refractivity contribution in [3.63, 3.8) is 0 Å². The molecule has 6 atom stereocenters. The molecule has 2 aliphatic rings. The summed E-state index contributed by atoms with van der Waals surface area (Å²) in [6.45, 7) is 9.00. The third-order valence-corrected chi connectivity index (χ3v) is 10.5. The van der Waals surface area contributed by atoms with Crippen LogP contribution in [0.4, 0.5) is 0 Å². The van der Waals surface area contributed by atoms with Gasteiger partial charge in [0.15, 0.2) is 0 Å². The molecule has 2 saturated carbocycles. The van der Waals surface area contributed by atoms with Crippen LogP contribution in [0, 0.1) is 41.6 Å². The van der Waals surface area contributed by atoms with E-state index in [9.17, 15) is 10.2 Å². The second-order valence-corrected chi connectivity index (χ2v) is 12.3. The number of nitrogens with zero attached hydrogens (tertiary/aromatic N) is 1. The maximum absolute atomic E-state index is 11.1. The molecule has 2 fully saturated rings. The molecule has 5 rings (SSSR count). The van der Waals surface area contributed by atoms with Crippen LogP contribution in [-0.2, 0) is 20.1 Å². The van der Waals surface area contributed by atoms with Gasteiger partial charge in [0.05, 0.1) is 12.2 Å². The van der Waals surface area contributed by atoms with Gasteiger partial charge in [-0.1, -0.05) is 84.1 Å². The molecule has 1 radical (unpaired) electrons. The molecule has 0 aliphatic heterocycles. The van der Waals surface area contributed by atoms with Crippen LogP contribution in [0.15, 0.2) is 48.7 Å². The van der Waals surface area contributed by atoms with Gasteiger partial charge in [0.1, 0.15) is 0 Å². The van der Waals surface area contributed by atoms with Crippen molar-refractivity contribution in [3.8, 4) is 10.6 Å². The normalized spacial score (nSPS) is 26.9. The summed E-state index contributed by atoms with van der Waals surface area (Å²) in [6.07, 6.45) is 10.6. The van der Waals surface area contributed by atoms with Gasteiger partial charge in [0, 0.05) is 37.9 Å². The predicted octanol–water partition coefficient (Wildman–Crippen LogP) is 8.39. The molecule has 0 saturated heterocycles. The van der Waals surface area contributed by atoms with E-state index in [0.717, 1.165) is 49.1 Å². The number of aliphatic hydroxyl groups excluding tert-OH is 2. The number of thiophene rings is 1. The molecule has 2 aromatic heterocycles. The van der Waals surface area contributed by atoms with Crippen LogP contribution >= 0.6 is 11.3 Å². The van der Waals surface area contributed by atoms with Crippen molar-refractivity contribution < 1.29 is 30.3 Å². The van der Waals surface area contributed by atoms with E-state index < -0.39 is 0 Å². The molecule has 3 nitrogen and oxygen atoms in total. The van der Waals surface area contributed by atoms with E-state index >= 15 is 0 Å². The molecule has 0 amide bonds. The first-order chi connectivity index (χ1) is 18.0. The van der Waals surface area contributed by atoms with Crippen LogP contribution < -0.4 is 0 Å². The first kappa shape index (κ1) is 31.4. The maximum Gasteiger partial charge on any atom is 0.0626 e. The second-order valence-electron chi connectivity index (χ2n) is 11.2. The average Bonchev–Trinajstić information content (AvgIpc) is 3.46. The zero-order valence-corrected chi connectivity index (χ0v) is 26.7. The van der Waals surface area contributed by atoms with Crippen molar-refractivity contribution in [2.45, 2.75) is 91.3 Å². The Kier molecular flexibility index (Phi) is 12.4. The summed E-state index contributed by atoms with van der Waals surface area (Å²) in [5.41, 5.74) is 0.999. The van der Waals surface area contributed by atoms with Crippen molar-refractivity contribution in [2.24, 2.45) is 35.5 Å². The molecule has 211 valence electrons. The maximum atomic E-state index is 11.1. The number of pyridine rings is 1. The summed E-state index contributed by atoms with van der Waals surface area (Å²) in [6, 6.07) is 17.6. The Balaban J connectivity index is 0.000000218. The van der Waals surface area contributed by atoms with Crippen molar-refractivity contribution in [1.82, 2.24) is 4.98 Å². The number of aliphatic hydroxyl groups is 2. The van der Waals surface area contributed by atoms with Gasteiger partial charge in [-0.15, -0.1) is 23.6 Å². The van der Waals surface area contributed by atoms with Gasteiger partial charge >= 0.3 is 0 Å². The summed E-state index contributed by atoms with van der Waals surface area (Å²) >= 11 is 1.73. The smallest absolute Gasteiger partial charge is 0.0626 e. The molecular weight excluding hydrogens is 667 g/mol. The molecule has 2 N–H and O–H groups in total. The van der Waals surface area contributed by atoms with Crippen LogP contribution in [0.5, 0.6) is 0 Å². The summed E-state index contributed by atoms with van der Waals surface area (Å²) in [4.78, 5) is 5.43. The molecule has 0 spiro atoms. The Hall–Kier alpha value is -1.10. The first-order valence-corrected chi connectivity index (χ1v) is 15.5. The fraction of sp³-hybridized carbons (Fsp3) is 0.606. The minimum absolute atomic E-state index is 0. The summed E-state index contributed by atoms with van der Waals surface area (Å²) in [7, 11) is 0. The molecule has 2 aliphatic carbocycles. The second kappa shape index (κ2) is 15.1. The number of rotatable bonds is 7. The standard InChI is InChI=1S/C20H38O2.C13H8NS.Ir/c1-5-13(6-2)16-11-9-10-15-12-17(14(7-3)8-4)20(22)18(15)19(16)21;1-2-7-12-10(5-1)9-13(15-12)11-6-3-4-8-14-11;/h13-22H,5-12H2,1-4H3;1-8H;/q;-1;/t15?,16-,17+,18?,19?,20?;;/m1../s1. The van der Waals surface area contributed by atoms with E-state index in [1.54, 1.807) is 11.3 Å². The number of hydrogen-bond donors (Lipinski definition) is 2. The van der Waals surface area contributed by atoms with Crippen molar-refractivity contribution in [3.05, 3.63) is 54.7 Å². The van der Waals surface area contributed by atoms with Gasteiger partial charge in [-0.3, -0.25) is 0 Å². The molecule has 38 heavy (non-hydrogen) atoms. The van der Waals surface area contributed by atoms with Crippen LogP contribution in [-0.4, -0.2) is 27.4 Å². The summed E-state index contributed by atoms with van der Waals surface area (Å²) in [5, 5.41) is 23.3. The molecular formula is C33H46IrNO2S-. The van der Waals surface area contributed by atoms with Gasteiger partial charge in [0.2, 0.25) is 0 Å². The van der Waals surface area contributed by atoms with Crippen molar-refractivity contribution in [1.29, 1.82) is 0 Å². The van der Waals surface area contributed by atoms with Crippen molar-refractivity contribution in [2.75, 3.05) is 0 Å². The molecule has 0 bridgehead atoms. The quantitative estimate of drug-likeness (QED) is 0.242. The number of benzene rings is 1. The van der Waals surface area contributed by atoms with Crippen LogP contribution in [0.3, 0.4) is 0 Å². The molecule has 1 aromatic carbocycles. The van der Waals surface area contributed by atoms with Crippen molar-refractivity contribution >= 4 is 21.4 Å². The Labute approximate surface area is 247 Å². The topological polar surface area (TPSA) is 53.4 Å². The van der Waals surface area contributed by atoms with E-state index in [0.29, 0.717) is 29.6 Å². The zero-order chi connectivity index (χ0) is 26.4. The molecule has 5 heteroatoms. The van der Waals surface area contributed by atoms with Crippen LogP contribution in [0.25, 0.3) is 20.7 Å². The van der Waals surface area contributed by atoms with E-state index in [1.807, 2.05) is 30.5 Å². The Bertz CT molecular complexity index is 1050. The van der Waals surface area contributed by atoms with Gasteiger partial charge in [-0.05, 0) is 64.5 Å². The van der Waals surface area contributed by atoms with E-state index in [2.05, 4.69) is 56.9 Å². The van der Waals surface area contributed by atoms with Gasteiger partial charge in [-0.25, -0.2) is 11.3 Å². The minimum Gasteiger partial charge on any atom is -0.392 e. The van der Waals surface area contributed by atoms with Gasteiger partial charge in [-0.2, -0.15) is 0 Å². The van der Waals surface area contributed by atoms with Gasteiger partial charge < -0.3 is 15.2 Å². The summed E-state index contributed by atoms with van der Waals surface area (Å²) in [5.74, 6) is 2.75. The molecule has 3 aromatic rings. The van der Waals surface area contributed by atoms with E-state index in [1.165, 1.54) is 22.9 Å². The molecule has 2 heterocycles. The SMILES string of the molecule is CCC(CC)[C@H]1CCCC2C[C@@H](C(CC)CC)C(O)C2C1O.[Ir].[c-]1c(-c2ccccn2)sc2ccccc12. The fourth-order valence-corrected chi connectivity index (χ4v) is 8.36. The van der Waals surface area contributed by atoms with Crippen LogP contribution in [0.2, 0.25) is 0 Å². The third kappa shape index (κ3) is 6.96. The Morgan fingerprint density at radius 2 is 1.50 bits per heavy atom. The fourth-order valence-electron chi connectivity index (χ4n) is 7.38. The third-order valence-electron chi connectivity index (χ3n) is 9.45. The monoisotopic (exact) mass is 713 g/mol. The Morgan fingerprint density at radius 1 is 0.868 bits per heavy atom. The summed E-state index contributed by atoms with van der Waals surface area (Å²) < 4.78 is 1.26. The zero-order valence-electron chi connectivity index (χ0n) is 23.5. The van der Waals surface area contributed by atoms with E-state index in [4.69, 9.17) is 0 Å². The minimum atomic E-state index is -0.285. The van der Waals surface area contributed by atoms with E-state index in [-0.39, 0.29) is 38.2 Å². The Morgan fingerprint density at radius 3 is 2.13 bits per heavy atom. The molecule has 4 unspecified atom stereocenters. The number of hydrogen-bond acceptors (Lipinski definition) is 4. The number of aromatic nitrogens is 1. The first-order valence-electron chi connectivity index (χ1n) is 14.7. The average molecular weight is 713 g/mol. The number of fused-ring (bicyclic) bond motifs is 2. The van der Waals surface area contributed by atoms with Gasteiger partial charge in [0.25, 0.3) is 0 Å². The van der Waals surface area contributed by atoms with Crippen LogP contribution in [0.1, 0.15) is 79.1 Å². The predicted molar refractivity (Wildman–Crippen MR) is 156 cm³/mol.